The minimum absolute atomic E-state index is 0.00595. The number of anilines is 4. The van der Waals surface area contributed by atoms with E-state index in [2.05, 4.69) is 82.9 Å². The van der Waals surface area contributed by atoms with Crippen molar-refractivity contribution in [1.29, 1.82) is 0 Å². The molecule has 138 heavy (non-hydrogen) atoms. The zero-order valence-corrected chi connectivity index (χ0v) is 79.6. The van der Waals surface area contributed by atoms with Crippen LogP contribution in [0.2, 0.25) is 20.1 Å². The molecule has 12 aromatic heterocycles. The maximum atomic E-state index is 13.6. The van der Waals surface area contributed by atoms with Gasteiger partial charge in [0.15, 0.2) is 45.9 Å². The second kappa shape index (κ2) is 42.9. The number of aldehydes is 1. The number of hydrogen-bond donors (Lipinski definition) is 12. The van der Waals surface area contributed by atoms with E-state index in [4.69, 9.17) is 67.3 Å². The number of likely N-dealkylation sites (N-methyl/N-ethyl adjacent to an activating group) is 2. The number of ether oxygens (including phenoxy) is 2. The van der Waals surface area contributed by atoms with E-state index in [0.717, 1.165) is 0 Å². The van der Waals surface area contributed by atoms with Crippen LogP contribution in [-0.2, 0) is 40.4 Å². The maximum absolute atomic E-state index is 13.6. The predicted octanol–water partition coefficient (Wildman–Crippen LogP) is 10.6. The molecule has 41 nitrogen and oxygen atoms in total. The predicted molar refractivity (Wildman–Crippen MR) is 524 cm³/mol. The Balaban J connectivity index is 0.000000156. The summed E-state index contributed by atoms with van der Waals surface area (Å²) >= 11 is 25.1. The molecular weight excluding hydrogens is 1860 g/mol. The minimum atomic E-state index is -1.22. The molecule has 14 N–H and O–H groups in total. The highest BCUT2D eigenvalue weighted by Crippen LogP contribution is 2.32. The van der Waals surface area contributed by atoms with E-state index in [1.807, 2.05) is 52.2 Å². The number of rotatable bonds is 25. The Labute approximate surface area is 804 Å². The van der Waals surface area contributed by atoms with Crippen LogP contribution in [0.3, 0.4) is 0 Å². The quantitative estimate of drug-likeness (QED) is 0.0237. The number of fused-ring (bicyclic) bond motifs is 8. The van der Waals surface area contributed by atoms with E-state index in [0.29, 0.717) is 109 Å². The molecule has 0 aliphatic rings. The molecule has 16 rings (SSSR count). The fourth-order valence-corrected chi connectivity index (χ4v) is 16.4. The number of carbonyl (C=O) groups is 7. The summed E-state index contributed by atoms with van der Waals surface area (Å²) in [6, 6.07) is 32.0. The second-order valence-corrected chi connectivity index (χ2v) is 35.2. The third-order valence-corrected chi connectivity index (χ3v) is 22.7. The number of amides is 6. The summed E-state index contributed by atoms with van der Waals surface area (Å²) in [6.45, 7) is 18.2. The minimum Gasteiger partial charge on any atom is -0.444 e. The number of aliphatic hydroxyl groups excluding tert-OH is 2. The van der Waals surface area contributed by atoms with Gasteiger partial charge in [0.1, 0.15) is 39.7 Å². The molecule has 4 aromatic carbocycles. The molecule has 0 aliphatic carbocycles. The summed E-state index contributed by atoms with van der Waals surface area (Å²) in [4.78, 5) is 159. The van der Waals surface area contributed by atoms with Crippen molar-refractivity contribution in [3.05, 3.63) is 277 Å². The second-order valence-electron chi connectivity index (χ2n) is 33.6. The number of aliphatic hydroxyl groups is 2. The van der Waals surface area contributed by atoms with Gasteiger partial charge in [-0.15, -0.1) is 20.4 Å². The summed E-state index contributed by atoms with van der Waals surface area (Å²) in [5, 5.41) is 64.2. The van der Waals surface area contributed by atoms with E-state index in [-0.39, 0.29) is 102 Å². The van der Waals surface area contributed by atoms with Crippen LogP contribution in [0.25, 0.3) is 65.7 Å². The van der Waals surface area contributed by atoms with Crippen molar-refractivity contribution in [1.82, 2.24) is 109 Å². The van der Waals surface area contributed by atoms with Crippen LogP contribution in [0.1, 0.15) is 158 Å². The average molecular weight is 1960 g/mol. The monoisotopic (exact) mass is 1960 g/mol. The Kier molecular flexibility index (Phi) is 31.2. The smallest absolute Gasteiger partial charge is 0.413 e. The largest absolute Gasteiger partial charge is 0.444 e. The van der Waals surface area contributed by atoms with E-state index in [9.17, 15) is 63.0 Å². The number of benzene rings is 4. The third kappa shape index (κ3) is 22.2. The molecule has 0 aliphatic heterocycles. The summed E-state index contributed by atoms with van der Waals surface area (Å²) in [5.41, 5.74) is 12.6. The van der Waals surface area contributed by atoms with Crippen LogP contribution in [0, 0.1) is 0 Å². The van der Waals surface area contributed by atoms with Crippen LogP contribution in [-0.4, -0.2) is 180 Å². The highest BCUT2D eigenvalue weighted by Gasteiger charge is 2.33. The first kappa shape index (κ1) is 100. The Hall–Kier alpha value is -15.1. The van der Waals surface area contributed by atoms with Crippen LogP contribution in [0.4, 0.5) is 32.9 Å². The molecule has 5 atom stereocenters. The van der Waals surface area contributed by atoms with Crippen LogP contribution in [0.5, 0.6) is 0 Å². The van der Waals surface area contributed by atoms with Gasteiger partial charge in [0.2, 0.25) is 0 Å². The van der Waals surface area contributed by atoms with Gasteiger partial charge in [0.05, 0.1) is 91.6 Å². The van der Waals surface area contributed by atoms with Crippen molar-refractivity contribution in [2.75, 3.05) is 55.9 Å². The normalized spacial score (nSPS) is 12.6. The molecule has 16 aromatic rings. The maximum Gasteiger partial charge on any atom is 0.413 e. The third-order valence-electron chi connectivity index (χ3n) is 21.5. The number of nitrogens with zero attached hydrogens (tertiary/aromatic N) is 16. The molecule has 0 bridgehead atoms. The number of nitrogens with two attached hydrogens (primary N) is 2. The van der Waals surface area contributed by atoms with Gasteiger partial charge >= 0.3 is 12.2 Å². The zero-order valence-electron chi connectivity index (χ0n) is 76.6. The highest BCUT2D eigenvalue weighted by molar-refractivity contribution is 6.37. The van der Waals surface area contributed by atoms with E-state index >= 15 is 0 Å². The number of nitrogens with one attached hydrogen (secondary N) is 8. The Bertz CT molecular complexity index is 7460. The first-order chi connectivity index (χ1) is 65.7. The van der Waals surface area contributed by atoms with E-state index in [1.165, 1.54) is 39.6 Å². The van der Waals surface area contributed by atoms with Crippen LogP contribution < -0.4 is 76.2 Å². The average Bonchev–Trinajstić information content (AvgIpc) is 0.904. The van der Waals surface area contributed by atoms with Crippen LogP contribution >= 0.6 is 46.4 Å². The number of hydrogen-bond acceptors (Lipinski definition) is 27. The summed E-state index contributed by atoms with van der Waals surface area (Å²) < 4.78 is 22.0. The number of nitrogen functional groups attached to an aromatic ring is 2. The molecule has 0 saturated carbocycles. The van der Waals surface area contributed by atoms with E-state index < -0.39 is 95.0 Å². The molecule has 12 heterocycles. The first-order valence-electron chi connectivity index (χ1n) is 43.1. The molecule has 0 spiro atoms. The van der Waals surface area contributed by atoms with Gasteiger partial charge in [0.25, 0.3) is 45.9 Å². The van der Waals surface area contributed by atoms with Crippen molar-refractivity contribution < 1.29 is 53.2 Å². The molecule has 45 heteroatoms. The molecule has 0 radical (unpaired) electrons. The fraction of sp³-hybridized carbons (Fsp3) is 0.280. The van der Waals surface area contributed by atoms with E-state index in [1.54, 1.807) is 199 Å². The molecule has 1 unspecified atom stereocenters. The first-order valence-corrected chi connectivity index (χ1v) is 44.6. The van der Waals surface area contributed by atoms with Crippen LogP contribution in [0.15, 0.2) is 190 Å². The zero-order chi connectivity index (χ0) is 99.6. The number of aromatic nitrogens is 16. The van der Waals surface area contributed by atoms with Crippen molar-refractivity contribution in [3.63, 3.8) is 0 Å². The van der Waals surface area contributed by atoms with Gasteiger partial charge in [-0.1, -0.05) is 94.9 Å². The fourth-order valence-electron chi connectivity index (χ4n) is 15.3. The van der Waals surface area contributed by atoms with Crippen molar-refractivity contribution in [2.24, 2.45) is 0 Å². The van der Waals surface area contributed by atoms with Crippen molar-refractivity contribution >= 4 is 177 Å². The van der Waals surface area contributed by atoms with Crippen molar-refractivity contribution in [2.45, 2.75) is 137 Å². The van der Waals surface area contributed by atoms with Gasteiger partial charge < -0.3 is 86.1 Å². The SMILES string of the molecule is CNCCn1c([C@H](C)NC(=O)c2c(N)nn3cccnc23)cc2cccc(Cl)c2c1=O.CNCCn1c([C@H](C)NC(=O)c2c(N)nn3cccnc23)cc2cccc(Cl)c2c1=O.C[C@H](NC(=O)c1c(NC(=O)OC(C)(C)C)nn2cccnc12)c1cc2cccc(Cl)c2c(=O)n1CC(O)CO.C[C@H](NC(=O)c1c(NC(=O)OC(C)(C)C)nn2cccnc12)c1cc2cccc(Cl)c2c(=O)n1CC=O. The van der Waals surface area contributed by atoms with Gasteiger partial charge in [-0.2, -0.15) is 0 Å². The lowest BCUT2D eigenvalue weighted by molar-refractivity contribution is -0.108. The number of pyridine rings is 4. The lowest BCUT2D eigenvalue weighted by atomic mass is 10.1. The number of halogens is 4. The lowest BCUT2D eigenvalue weighted by Crippen LogP contribution is -2.36. The molecule has 718 valence electrons. The summed E-state index contributed by atoms with van der Waals surface area (Å²) in [5.74, 6) is -2.02. The summed E-state index contributed by atoms with van der Waals surface area (Å²) in [7, 11) is 3.62. The Morgan fingerprint density at radius 1 is 0.428 bits per heavy atom. The van der Waals surface area contributed by atoms with Gasteiger partial charge in [0, 0.05) is 98.5 Å². The Morgan fingerprint density at radius 2 is 0.710 bits per heavy atom. The van der Waals surface area contributed by atoms with Gasteiger partial charge in [-0.05, 0) is 178 Å². The number of carbonyl (C=O) groups excluding carboxylic acids is 7. The molecular formula is C93H98Cl4N26O15. The molecule has 0 fully saturated rings. The highest BCUT2D eigenvalue weighted by atomic mass is 35.5. The summed E-state index contributed by atoms with van der Waals surface area (Å²) in [6.07, 6.45) is 10.4. The molecule has 0 saturated heterocycles. The van der Waals surface area contributed by atoms with Gasteiger partial charge in [-0.25, -0.2) is 47.6 Å². The molecule has 6 amide bonds. The van der Waals surface area contributed by atoms with Crippen molar-refractivity contribution in [3.8, 4) is 0 Å². The van der Waals surface area contributed by atoms with Gasteiger partial charge in [-0.3, -0.25) is 49.0 Å². The lowest BCUT2D eigenvalue weighted by Gasteiger charge is -2.22. The topological polar surface area (TPSA) is 535 Å². The standard InChI is InChI=1S/C26H29ClN6O6.C25H25ClN6O5.2C21H22ClN7O2/c1-14(18-11-15-7-5-8-17(27)19(15)24(37)32(18)12-16(35)13-34)29-23(36)20-21(30-25(38)39-26(2,3)4)31-33-10-6-9-28-22(20)33;1-14(17-13-15-7-5-8-16(26)18(15)23(35)31(17)11-12-33)28-22(34)19-20(29-24(36)37-25(2,3)4)30-32-10-6-9-27-21(19)32;2*1-12(26-20(30)17-18(23)27-29-9-4-7-25-19(17)29)15-11-13-5-3-6-14(22)16(13)21(31)28(15)10-8-24-2/h5-11,14,16,34-35H,12-13H2,1-4H3,(H,29,36)(H,30,31,38);5-10,12-14H,11H2,1-4H3,(H,28,34)(H,29,30,36);2*3-7,9,11-12,24H,8,10H2,1-2H3,(H2,23,27)(H,26,30)/t14-,16?;14-;2*12-/m0000/s1. The Morgan fingerprint density at radius 3 is 1.01 bits per heavy atom.